The maximum absolute atomic E-state index is 12.5. The third kappa shape index (κ3) is 5.27. The van der Waals surface area contributed by atoms with Gasteiger partial charge in [-0.2, -0.15) is 5.10 Å². The van der Waals surface area contributed by atoms with E-state index in [4.69, 9.17) is 12.2 Å². The minimum absolute atomic E-state index is 0.124. The van der Waals surface area contributed by atoms with Crippen LogP contribution in [0, 0.1) is 11.7 Å². The lowest BCUT2D eigenvalue weighted by Crippen LogP contribution is -2.25. The number of benzene rings is 2. The number of nitrogens with zero attached hydrogens (tertiary/aromatic N) is 3. The molecule has 0 bridgehead atoms. The van der Waals surface area contributed by atoms with E-state index >= 15 is 0 Å². The topological polar surface area (TPSA) is 107 Å². The normalized spacial score (nSPS) is 10.5. The Hall–Kier alpha value is -3.79. The third-order valence-corrected chi connectivity index (χ3v) is 5.27. The van der Waals surface area contributed by atoms with E-state index in [1.54, 1.807) is 41.9 Å². The molecule has 0 fully saturated rings. The molecule has 1 heterocycles. The number of hydrogen-bond donors (Lipinski definition) is 2. The monoisotopic (exact) mass is 453 g/mol. The van der Waals surface area contributed by atoms with Crippen LogP contribution >= 0.6 is 12.2 Å². The Morgan fingerprint density at radius 2 is 1.88 bits per heavy atom. The van der Waals surface area contributed by atoms with Crippen molar-refractivity contribution in [1.29, 1.82) is 0 Å². The minimum Gasteiger partial charge on any atom is -0.465 e. The number of methoxy groups -OCH3 is 1. The van der Waals surface area contributed by atoms with Crippen LogP contribution in [-0.2, 0) is 29.7 Å². The van der Waals surface area contributed by atoms with Crippen LogP contribution < -0.4 is 10.6 Å². The lowest BCUT2D eigenvalue weighted by molar-refractivity contribution is -0.116. The average molecular weight is 454 g/mol. The average Bonchev–Trinajstić information content (AvgIpc) is 3.05. The Morgan fingerprint density at radius 1 is 1.12 bits per heavy atom. The Morgan fingerprint density at radius 3 is 2.59 bits per heavy atom. The van der Waals surface area contributed by atoms with E-state index in [1.807, 2.05) is 19.1 Å². The number of nitrogens with one attached hydrogen (secondary N) is 2. The van der Waals surface area contributed by atoms with Crippen molar-refractivity contribution in [1.82, 2.24) is 19.7 Å². The number of carbonyl (C=O) groups excluding carboxylic acids is 3. The summed E-state index contributed by atoms with van der Waals surface area (Å²) in [5, 5.41) is 9.90. The number of aryl methyl sites for hydroxylation is 1. The number of rotatable bonds is 7. The molecule has 2 amide bonds. The second-order valence-corrected chi connectivity index (χ2v) is 7.40. The van der Waals surface area contributed by atoms with Gasteiger partial charge in [0.25, 0.3) is 5.91 Å². The van der Waals surface area contributed by atoms with Crippen LogP contribution in [0.4, 0.5) is 5.69 Å². The van der Waals surface area contributed by atoms with Crippen molar-refractivity contribution in [2.75, 3.05) is 12.4 Å². The first-order valence-corrected chi connectivity index (χ1v) is 10.2. The molecule has 3 aromatic rings. The summed E-state index contributed by atoms with van der Waals surface area (Å²) < 4.78 is 8.04. The van der Waals surface area contributed by atoms with E-state index in [9.17, 15) is 14.4 Å². The molecule has 0 atom stereocenters. The summed E-state index contributed by atoms with van der Waals surface area (Å²) >= 11 is 5.37. The fourth-order valence-electron chi connectivity index (χ4n) is 3.05. The van der Waals surface area contributed by atoms with E-state index in [2.05, 4.69) is 20.5 Å². The van der Waals surface area contributed by atoms with Gasteiger partial charge in [0.05, 0.1) is 19.2 Å². The number of amides is 2. The zero-order valence-electron chi connectivity index (χ0n) is 17.9. The Labute approximate surface area is 190 Å². The Bertz CT molecular complexity index is 1230. The van der Waals surface area contributed by atoms with E-state index in [-0.39, 0.29) is 24.9 Å². The van der Waals surface area contributed by atoms with Crippen molar-refractivity contribution in [2.45, 2.75) is 20.0 Å². The summed E-state index contributed by atoms with van der Waals surface area (Å²) in [6.45, 7) is 1.90. The second kappa shape index (κ2) is 10.0. The number of carbonyl (C=O) groups is 3. The van der Waals surface area contributed by atoms with Gasteiger partial charge in [-0.05, 0) is 49.0 Å². The highest BCUT2D eigenvalue weighted by Crippen LogP contribution is 2.12. The maximum atomic E-state index is 12.5. The Kier molecular flexibility index (Phi) is 7.16. The SMILES string of the molecule is COC(=O)c1cccc(NC(=O)Cn2nc(CNC(=O)c3ccccc3C)n(C)c2=S)c1. The summed E-state index contributed by atoms with van der Waals surface area (Å²) in [5.41, 5.74) is 2.23. The fraction of sp³-hybridized carbons (Fsp3) is 0.227. The second-order valence-electron chi connectivity index (χ2n) is 7.03. The van der Waals surface area contributed by atoms with Gasteiger partial charge in [-0.3, -0.25) is 9.59 Å². The quantitative estimate of drug-likeness (QED) is 0.421. The van der Waals surface area contributed by atoms with Crippen LogP contribution in [-0.4, -0.2) is 39.2 Å². The van der Waals surface area contributed by atoms with E-state index < -0.39 is 5.97 Å². The van der Waals surface area contributed by atoms with E-state index in [1.165, 1.54) is 17.9 Å². The molecule has 10 heteroatoms. The molecule has 0 spiro atoms. The van der Waals surface area contributed by atoms with Gasteiger partial charge in [0.2, 0.25) is 5.91 Å². The van der Waals surface area contributed by atoms with Crippen molar-refractivity contribution in [3.63, 3.8) is 0 Å². The molecule has 0 aliphatic rings. The first-order valence-electron chi connectivity index (χ1n) is 9.75. The van der Waals surface area contributed by atoms with E-state index in [0.29, 0.717) is 27.4 Å². The van der Waals surface area contributed by atoms with E-state index in [0.717, 1.165) is 5.56 Å². The standard InChI is InChI=1S/C22H23N5O4S/c1-14-7-4-5-10-17(14)20(29)23-12-18-25-27(22(32)26(18)2)13-19(28)24-16-9-6-8-15(11-16)21(30)31-3/h4-11H,12-13H2,1-3H3,(H,23,29)(H,24,28). The first kappa shape index (κ1) is 22.9. The largest absolute Gasteiger partial charge is 0.465 e. The van der Waals surface area contributed by atoms with Crippen LogP contribution in [0.5, 0.6) is 0 Å². The van der Waals surface area contributed by atoms with Crippen LogP contribution in [0.2, 0.25) is 0 Å². The molecule has 9 nitrogen and oxygen atoms in total. The molecule has 166 valence electrons. The van der Waals surface area contributed by atoms with Gasteiger partial charge >= 0.3 is 5.97 Å². The predicted octanol–water partition coefficient (Wildman–Crippen LogP) is 2.61. The number of aromatic nitrogens is 3. The molecule has 0 aliphatic heterocycles. The number of esters is 1. The van der Waals surface area contributed by atoms with Crippen molar-refractivity contribution in [3.8, 4) is 0 Å². The van der Waals surface area contributed by atoms with Gasteiger partial charge in [0.1, 0.15) is 6.54 Å². The molecule has 0 aliphatic carbocycles. The Balaban J connectivity index is 1.66. The van der Waals surface area contributed by atoms with Crippen molar-refractivity contribution in [2.24, 2.45) is 7.05 Å². The smallest absolute Gasteiger partial charge is 0.337 e. The molecule has 1 aromatic heterocycles. The molecule has 2 aromatic carbocycles. The van der Waals surface area contributed by atoms with Gasteiger partial charge in [-0.15, -0.1) is 0 Å². The molecule has 32 heavy (non-hydrogen) atoms. The van der Waals surface area contributed by atoms with Crippen LogP contribution in [0.3, 0.4) is 0 Å². The summed E-state index contributed by atoms with van der Waals surface area (Å²) in [4.78, 5) is 36.6. The molecular weight excluding hydrogens is 430 g/mol. The van der Waals surface area contributed by atoms with Gasteiger partial charge in [-0.1, -0.05) is 24.3 Å². The van der Waals surface area contributed by atoms with Gasteiger partial charge in [0.15, 0.2) is 10.6 Å². The third-order valence-electron chi connectivity index (χ3n) is 4.79. The van der Waals surface area contributed by atoms with Crippen molar-refractivity contribution < 1.29 is 19.1 Å². The molecule has 3 rings (SSSR count). The van der Waals surface area contributed by atoms with Crippen molar-refractivity contribution in [3.05, 3.63) is 75.8 Å². The van der Waals surface area contributed by atoms with Crippen LogP contribution in [0.25, 0.3) is 0 Å². The molecule has 0 saturated heterocycles. The molecule has 2 N–H and O–H groups in total. The number of anilines is 1. The highest BCUT2D eigenvalue weighted by Gasteiger charge is 2.14. The zero-order chi connectivity index (χ0) is 23.3. The summed E-state index contributed by atoms with van der Waals surface area (Å²) in [5.74, 6) is -0.564. The lowest BCUT2D eigenvalue weighted by Gasteiger charge is -2.07. The van der Waals surface area contributed by atoms with Gasteiger partial charge in [0, 0.05) is 18.3 Å². The van der Waals surface area contributed by atoms with Crippen LogP contribution in [0.15, 0.2) is 48.5 Å². The minimum atomic E-state index is -0.495. The van der Waals surface area contributed by atoms with Gasteiger partial charge < -0.3 is 19.9 Å². The molecule has 0 radical (unpaired) electrons. The highest BCUT2D eigenvalue weighted by molar-refractivity contribution is 7.71. The molecule has 0 saturated carbocycles. The maximum Gasteiger partial charge on any atom is 0.337 e. The van der Waals surface area contributed by atoms with Gasteiger partial charge in [-0.25, -0.2) is 9.48 Å². The first-order chi connectivity index (χ1) is 15.3. The molecular formula is C22H23N5O4S. The summed E-state index contributed by atoms with van der Waals surface area (Å²) in [6.07, 6.45) is 0. The summed E-state index contributed by atoms with van der Waals surface area (Å²) in [6, 6.07) is 13.7. The number of hydrogen-bond acceptors (Lipinski definition) is 6. The lowest BCUT2D eigenvalue weighted by atomic mass is 10.1. The predicted molar refractivity (Wildman–Crippen MR) is 121 cm³/mol. The highest BCUT2D eigenvalue weighted by atomic mass is 32.1. The zero-order valence-corrected chi connectivity index (χ0v) is 18.7. The number of ether oxygens (including phenoxy) is 1. The molecule has 0 unspecified atom stereocenters. The van der Waals surface area contributed by atoms with Crippen LogP contribution in [0.1, 0.15) is 32.1 Å². The van der Waals surface area contributed by atoms with Crippen molar-refractivity contribution >= 4 is 35.7 Å². The fourth-order valence-corrected chi connectivity index (χ4v) is 3.26. The summed E-state index contributed by atoms with van der Waals surface area (Å²) in [7, 11) is 3.01.